The largest absolute Gasteiger partial charge is 0.158 e. The fourth-order valence-electron chi connectivity index (χ4n) is 1.59. The van der Waals surface area contributed by atoms with Gasteiger partial charge in [-0.3, -0.25) is 0 Å². The first kappa shape index (κ1) is 5.89. The molecule has 12 heavy (non-hydrogen) atoms. The minimum atomic E-state index is 0.980. The van der Waals surface area contributed by atoms with Crippen molar-refractivity contribution in [2.45, 2.75) is 0 Å². The molecule has 2 aliphatic rings. The summed E-state index contributed by atoms with van der Waals surface area (Å²) in [5.41, 5.74) is 2.40. The van der Waals surface area contributed by atoms with Crippen molar-refractivity contribution < 1.29 is 0 Å². The molecule has 0 radical (unpaired) electrons. The van der Waals surface area contributed by atoms with Crippen LogP contribution < -0.4 is 10.6 Å². The molecule has 0 bridgehead atoms. The van der Waals surface area contributed by atoms with Crippen LogP contribution in [0.2, 0.25) is 0 Å². The van der Waals surface area contributed by atoms with Gasteiger partial charge >= 0.3 is 0 Å². The molecule has 0 saturated heterocycles. The third kappa shape index (κ3) is 0.593. The van der Waals surface area contributed by atoms with Crippen molar-refractivity contribution in [3.8, 4) is 0 Å². The van der Waals surface area contributed by atoms with E-state index in [1.54, 1.807) is 0 Å². The SMILES string of the molecule is C1=Cc2c3c(ccc2=C1)=NN=C3. The normalized spacial score (nSPS) is 15.3. The van der Waals surface area contributed by atoms with E-state index in [1.165, 1.54) is 10.8 Å². The topological polar surface area (TPSA) is 24.7 Å². The molecule has 3 rings (SSSR count). The zero-order chi connectivity index (χ0) is 7.97. The second-order valence-electron chi connectivity index (χ2n) is 2.87. The van der Waals surface area contributed by atoms with Gasteiger partial charge in [-0.05, 0) is 16.8 Å². The average molecular weight is 154 g/mol. The van der Waals surface area contributed by atoms with E-state index < -0.39 is 0 Å². The van der Waals surface area contributed by atoms with Crippen molar-refractivity contribution in [2.24, 2.45) is 10.2 Å². The van der Waals surface area contributed by atoms with E-state index in [2.05, 4.69) is 34.5 Å². The van der Waals surface area contributed by atoms with Crippen molar-refractivity contribution in [1.29, 1.82) is 0 Å². The van der Waals surface area contributed by atoms with Gasteiger partial charge < -0.3 is 0 Å². The maximum absolute atomic E-state index is 4.00. The lowest BCUT2D eigenvalue weighted by atomic mass is 10.1. The molecule has 0 spiro atoms. The predicted octanol–water partition coefficient (Wildman–Crippen LogP) is 0.461. The Hall–Kier alpha value is -1.70. The quantitative estimate of drug-likeness (QED) is 0.518. The van der Waals surface area contributed by atoms with E-state index >= 15 is 0 Å². The van der Waals surface area contributed by atoms with E-state index in [1.807, 2.05) is 12.3 Å². The van der Waals surface area contributed by atoms with Crippen LogP contribution in [0, 0.1) is 0 Å². The monoisotopic (exact) mass is 154 g/mol. The van der Waals surface area contributed by atoms with Crippen molar-refractivity contribution in [2.75, 3.05) is 0 Å². The lowest BCUT2D eigenvalue weighted by Gasteiger charge is -1.94. The summed E-state index contributed by atoms with van der Waals surface area (Å²) >= 11 is 0. The Bertz CT molecular complexity index is 473. The Morgan fingerprint density at radius 2 is 2.08 bits per heavy atom. The summed E-state index contributed by atoms with van der Waals surface area (Å²) in [4.78, 5) is 0. The molecule has 0 atom stereocenters. The zero-order valence-corrected chi connectivity index (χ0v) is 6.36. The molecule has 0 unspecified atom stereocenters. The molecular formula is C10H6N2. The van der Waals surface area contributed by atoms with Crippen molar-refractivity contribution in [1.82, 2.24) is 0 Å². The van der Waals surface area contributed by atoms with E-state index in [0.29, 0.717) is 0 Å². The summed E-state index contributed by atoms with van der Waals surface area (Å²) in [6, 6.07) is 4.08. The number of fused-ring (bicyclic) bond motifs is 3. The Balaban J connectivity index is 2.57. The molecule has 0 N–H and O–H groups in total. The van der Waals surface area contributed by atoms with E-state index in [9.17, 15) is 0 Å². The van der Waals surface area contributed by atoms with Crippen LogP contribution in [0.3, 0.4) is 0 Å². The molecular weight excluding hydrogens is 148 g/mol. The van der Waals surface area contributed by atoms with E-state index in [4.69, 9.17) is 0 Å². The summed E-state index contributed by atoms with van der Waals surface area (Å²) in [5, 5.41) is 10.1. The first-order valence-electron chi connectivity index (χ1n) is 3.88. The molecule has 0 saturated carbocycles. The second kappa shape index (κ2) is 1.91. The van der Waals surface area contributed by atoms with Gasteiger partial charge in [-0.25, -0.2) is 0 Å². The zero-order valence-electron chi connectivity index (χ0n) is 6.36. The number of nitrogens with zero attached hydrogens (tertiary/aromatic N) is 2. The lowest BCUT2D eigenvalue weighted by Crippen LogP contribution is -2.15. The highest BCUT2D eigenvalue weighted by atomic mass is 15.2. The third-order valence-electron chi connectivity index (χ3n) is 2.19. The second-order valence-corrected chi connectivity index (χ2v) is 2.87. The minimum absolute atomic E-state index is 0.980. The molecule has 56 valence electrons. The summed E-state index contributed by atoms with van der Waals surface area (Å²) < 4.78 is 0. The van der Waals surface area contributed by atoms with Gasteiger partial charge in [-0.2, -0.15) is 10.2 Å². The van der Waals surface area contributed by atoms with Gasteiger partial charge in [0.2, 0.25) is 0 Å². The van der Waals surface area contributed by atoms with Gasteiger partial charge in [0.15, 0.2) is 0 Å². The maximum Gasteiger partial charge on any atom is 0.0951 e. The molecule has 1 aromatic carbocycles. The van der Waals surface area contributed by atoms with Crippen molar-refractivity contribution in [3.05, 3.63) is 39.9 Å². The fourth-order valence-corrected chi connectivity index (χ4v) is 1.59. The summed E-state index contributed by atoms with van der Waals surface area (Å²) in [7, 11) is 0. The summed E-state index contributed by atoms with van der Waals surface area (Å²) in [6.07, 6.45) is 8.07. The number of hydrogen-bond donors (Lipinski definition) is 0. The van der Waals surface area contributed by atoms with Gasteiger partial charge in [0.1, 0.15) is 0 Å². The van der Waals surface area contributed by atoms with Crippen molar-refractivity contribution in [3.63, 3.8) is 0 Å². The van der Waals surface area contributed by atoms with Crippen molar-refractivity contribution >= 4 is 18.4 Å². The minimum Gasteiger partial charge on any atom is -0.158 e. The number of benzene rings is 1. The van der Waals surface area contributed by atoms with Crippen LogP contribution in [0.4, 0.5) is 0 Å². The Morgan fingerprint density at radius 1 is 1.08 bits per heavy atom. The summed E-state index contributed by atoms with van der Waals surface area (Å²) in [6.45, 7) is 0. The van der Waals surface area contributed by atoms with Crippen LogP contribution in [0.25, 0.3) is 12.2 Å². The van der Waals surface area contributed by atoms with Gasteiger partial charge in [-0.15, -0.1) is 0 Å². The van der Waals surface area contributed by atoms with Crippen LogP contribution in [0.15, 0.2) is 28.4 Å². The van der Waals surface area contributed by atoms with Crippen LogP contribution in [0.1, 0.15) is 11.1 Å². The Labute approximate surface area is 69.3 Å². The highest BCUT2D eigenvalue weighted by Gasteiger charge is 2.07. The van der Waals surface area contributed by atoms with Gasteiger partial charge in [0, 0.05) is 5.56 Å². The van der Waals surface area contributed by atoms with Crippen LogP contribution in [0.5, 0.6) is 0 Å². The van der Waals surface area contributed by atoms with Crippen LogP contribution in [-0.2, 0) is 0 Å². The average Bonchev–Trinajstić information content (AvgIpc) is 2.71. The molecule has 1 heterocycles. The van der Waals surface area contributed by atoms with Crippen LogP contribution in [-0.4, -0.2) is 6.21 Å². The van der Waals surface area contributed by atoms with Crippen LogP contribution >= 0.6 is 0 Å². The highest BCUT2D eigenvalue weighted by molar-refractivity contribution is 5.88. The molecule has 1 aliphatic carbocycles. The molecule has 0 fully saturated rings. The van der Waals surface area contributed by atoms with E-state index in [0.717, 1.165) is 10.9 Å². The predicted molar refractivity (Wildman–Crippen MR) is 48.3 cm³/mol. The standard InChI is InChI=1S/C10H6N2/c1-2-7-4-5-10-9(6-11-12-10)8(7)3-1/h1-6H. The molecule has 2 nitrogen and oxygen atoms in total. The number of rotatable bonds is 0. The lowest BCUT2D eigenvalue weighted by molar-refractivity contribution is 1.18. The fraction of sp³-hybridized carbons (Fsp3) is 0. The molecule has 1 aromatic rings. The molecule has 0 aromatic heterocycles. The molecule has 1 aliphatic heterocycles. The van der Waals surface area contributed by atoms with Gasteiger partial charge in [0.05, 0.1) is 11.6 Å². The first-order valence-corrected chi connectivity index (χ1v) is 3.88. The molecule has 0 amide bonds. The first-order chi connectivity index (χ1) is 5.95. The summed E-state index contributed by atoms with van der Waals surface area (Å²) in [5.74, 6) is 0. The maximum atomic E-state index is 4.00. The Kier molecular flexibility index (Phi) is 0.939. The highest BCUT2D eigenvalue weighted by Crippen LogP contribution is 2.06. The smallest absolute Gasteiger partial charge is 0.0951 e. The third-order valence-corrected chi connectivity index (χ3v) is 2.19. The van der Waals surface area contributed by atoms with Gasteiger partial charge in [-0.1, -0.05) is 24.3 Å². The number of hydrogen-bond acceptors (Lipinski definition) is 2. The van der Waals surface area contributed by atoms with E-state index in [-0.39, 0.29) is 0 Å². The Morgan fingerprint density at radius 3 is 3.08 bits per heavy atom. The molecule has 2 heteroatoms. The number of allylic oxidation sites excluding steroid dienone is 1. The van der Waals surface area contributed by atoms with Gasteiger partial charge in [0.25, 0.3) is 0 Å².